The average Bonchev–Trinajstić information content (AvgIpc) is 2.56. The molecule has 4 nitrogen and oxygen atoms in total. The lowest BCUT2D eigenvalue weighted by Crippen LogP contribution is -2.51. The predicted molar refractivity (Wildman–Crippen MR) is 113 cm³/mol. The maximum absolute atomic E-state index is 5.30. The maximum Gasteiger partial charge on any atom is 0.192 e. The average molecular weight is 440 g/mol. The SMILES string of the molecule is C#CCN=C(NCC)NC1CCN(Cc2ccccc2)C(C)C1.I. The molecule has 2 N–H and O–H groups in total. The first-order valence-corrected chi connectivity index (χ1v) is 8.49. The first-order chi connectivity index (χ1) is 11.2. The van der Waals surface area contributed by atoms with Crippen LogP contribution in [0.5, 0.6) is 0 Å². The van der Waals surface area contributed by atoms with E-state index in [0.29, 0.717) is 18.6 Å². The fraction of sp³-hybridized carbons (Fsp3) is 0.526. The van der Waals surface area contributed by atoms with E-state index in [0.717, 1.165) is 38.4 Å². The van der Waals surface area contributed by atoms with E-state index in [4.69, 9.17) is 6.42 Å². The van der Waals surface area contributed by atoms with Crippen LogP contribution in [0.2, 0.25) is 0 Å². The second kappa shape index (κ2) is 11.3. The molecule has 1 aliphatic heterocycles. The molecule has 1 saturated heterocycles. The molecule has 1 aromatic carbocycles. The number of nitrogens with one attached hydrogen (secondary N) is 2. The highest BCUT2D eigenvalue weighted by Crippen LogP contribution is 2.19. The van der Waals surface area contributed by atoms with Crippen molar-refractivity contribution in [2.24, 2.45) is 4.99 Å². The van der Waals surface area contributed by atoms with E-state index >= 15 is 0 Å². The monoisotopic (exact) mass is 440 g/mol. The third-order valence-electron chi connectivity index (χ3n) is 4.26. The van der Waals surface area contributed by atoms with E-state index in [1.54, 1.807) is 0 Å². The Morgan fingerprint density at radius 3 is 2.75 bits per heavy atom. The van der Waals surface area contributed by atoms with Gasteiger partial charge in [-0.25, -0.2) is 4.99 Å². The number of nitrogens with zero attached hydrogens (tertiary/aromatic N) is 2. The van der Waals surface area contributed by atoms with E-state index in [2.05, 4.69) is 70.6 Å². The van der Waals surface area contributed by atoms with Crippen LogP contribution in [0.25, 0.3) is 0 Å². The summed E-state index contributed by atoms with van der Waals surface area (Å²) in [6.07, 6.45) is 7.54. The molecular formula is C19H29IN4. The fourth-order valence-electron chi connectivity index (χ4n) is 3.04. The first kappa shape index (κ1) is 20.8. The highest BCUT2D eigenvalue weighted by molar-refractivity contribution is 14.0. The summed E-state index contributed by atoms with van der Waals surface area (Å²) in [5, 5.41) is 6.78. The van der Waals surface area contributed by atoms with Crippen molar-refractivity contribution >= 4 is 29.9 Å². The lowest BCUT2D eigenvalue weighted by atomic mass is 9.97. The number of piperidine rings is 1. The molecule has 2 unspecified atom stereocenters. The molecule has 24 heavy (non-hydrogen) atoms. The minimum atomic E-state index is 0. The molecule has 0 radical (unpaired) electrons. The Morgan fingerprint density at radius 2 is 2.12 bits per heavy atom. The molecule has 1 aromatic rings. The number of rotatable bonds is 5. The van der Waals surface area contributed by atoms with Crippen LogP contribution in [0.15, 0.2) is 35.3 Å². The van der Waals surface area contributed by atoms with Crippen molar-refractivity contribution in [1.82, 2.24) is 15.5 Å². The summed E-state index contributed by atoms with van der Waals surface area (Å²) in [6, 6.07) is 11.7. The smallest absolute Gasteiger partial charge is 0.192 e. The molecule has 0 saturated carbocycles. The Kier molecular flexibility index (Phi) is 9.80. The lowest BCUT2D eigenvalue weighted by molar-refractivity contribution is 0.134. The molecule has 1 aliphatic rings. The van der Waals surface area contributed by atoms with E-state index in [1.165, 1.54) is 5.56 Å². The highest BCUT2D eigenvalue weighted by atomic mass is 127. The minimum Gasteiger partial charge on any atom is -0.357 e. The van der Waals surface area contributed by atoms with Crippen molar-refractivity contribution in [1.29, 1.82) is 0 Å². The number of hydrogen-bond donors (Lipinski definition) is 2. The molecule has 5 heteroatoms. The first-order valence-electron chi connectivity index (χ1n) is 8.49. The van der Waals surface area contributed by atoms with Gasteiger partial charge in [-0.05, 0) is 32.3 Å². The normalized spacial score (nSPS) is 21.5. The van der Waals surface area contributed by atoms with E-state index in [1.807, 2.05) is 0 Å². The topological polar surface area (TPSA) is 39.7 Å². The van der Waals surface area contributed by atoms with Crippen LogP contribution in [-0.4, -0.2) is 42.6 Å². The Labute approximate surface area is 163 Å². The molecule has 1 fully saturated rings. The summed E-state index contributed by atoms with van der Waals surface area (Å²) < 4.78 is 0. The number of guanidine groups is 1. The van der Waals surface area contributed by atoms with Crippen LogP contribution >= 0.6 is 24.0 Å². The van der Waals surface area contributed by atoms with Gasteiger partial charge in [0.05, 0.1) is 0 Å². The van der Waals surface area contributed by atoms with E-state index in [-0.39, 0.29) is 24.0 Å². The summed E-state index contributed by atoms with van der Waals surface area (Å²) in [5.41, 5.74) is 1.38. The molecule has 2 atom stereocenters. The Bertz CT molecular complexity index is 538. The molecule has 0 bridgehead atoms. The van der Waals surface area contributed by atoms with Crippen molar-refractivity contribution in [2.45, 2.75) is 45.3 Å². The second-order valence-electron chi connectivity index (χ2n) is 6.07. The zero-order chi connectivity index (χ0) is 16.5. The number of halogens is 1. The molecule has 0 spiro atoms. The van der Waals surface area contributed by atoms with Gasteiger partial charge >= 0.3 is 0 Å². The van der Waals surface area contributed by atoms with Gasteiger partial charge in [-0.2, -0.15) is 0 Å². The van der Waals surface area contributed by atoms with Crippen LogP contribution in [0.1, 0.15) is 32.3 Å². The number of terminal acetylenes is 1. The van der Waals surface area contributed by atoms with Gasteiger partial charge in [-0.15, -0.1) is 30.4 Å². The van der Waals surface area contributed by atoms with Gasteiger partial charge in [0, 0.05) is 31.7 Å². The van der Waals surface area contributed by atoms with Gasteiger partial charge < -0.3 is 10.6 Å². The van der Waals surface area contributed by atoms with Crippen molar-refractivity contribution in [3.05, 3.63) is 35.9 Å². The van der Waals surface area contributed by atoms with Gasteiger partial charge in [-0.1, -0.05) is 36.3 Å². The fourth-order valence-corrected chi connectivity index (χ4v) is 3.04. The second-order valence-corrected chi connectivity index (χ2v) is 6.07. The van der Waals surface area contributed by atoms with Gasteiger partial charge in [0.15, 0.2) is 5.96 Å². The summed E-state index contributed by atoms with van der Waals surface area (Å²) in [4.78, 5) is 6.94. The predicted octanol–water partition coefficient (Wildman–Crippen LogP) is 2.85. The summed E-state index contributed by atoms with van der Waals surface area (Å²) in [6.45, 7) is 7.76. The standard InChI is InChI=1S/C19H28N4.HI/c1-4-12-21-19(20-5-2)22-18-11-13-23(16(3)14-18)15-17-9-7-6-8-10-17;/h1,6-10,16,18H,5,11-15H2,2-3H3,(H2,20,21,22);1H. The Hall–Kier alpha value is -1.26. The van der Waals surface area contributed by atoms with E-state index in [9.17, 15) is 0 Å². The quantitative estimate of drug-likeness (QED) is 0.320. The molecule has 0 aliphatic carbocycles. The summed E-state index contributed by atoms with van der Waals surface area (Å²) in [5.74, 6) is 3.39. The van der Waals surface area contributed by atoms with Crippen molar-refractivity contribution < 1.29 is 0 Å². The number of hydrogen-bond acceptors (Lipinski definition) is 2. The van der Waals surface area contributed by atoms with Crippen LogP contribution in [0.4, 0.5) is 0 Å². The maximum atomic E-state index is 5.30. The number of likely N-dealkylation sites (tertiary alicyclic amines) is 1. The van der Waals surface area contributed by atoms with Gasteiger partial charge in [-0.3, -0.25) is 4.90 Å². The third kappa shape index (κ3) is 6.70. The van der Waals surface area contributed by atoms with E-state index < -0.39 is 0 Å². The molecule has 0 amide bonds. The van der Waals surface area contributed by atoms with Crippen LogP contribution in [0, 0.1) is 12.3 Å². The van der Waals surface area contributed by atoms with Crippen molar-refractivity contribution in [2.75, 3.05) is 19.6 Å². The number of benzene rings is 1. The lowest BCUT2D eigenvalue weighted by Gasteiger charge is -2.38. The Morgan fingerprint density at radius 1 is 1.38 bits per heavy atom. The summed E-state index contributed by atoms with van der Waals surface area (Å²) in [7, 11) is 0. The summed E-state index contributed by atoms with van der Waals surface area (Å²) >= 11 is 0. The highest BCUT2D eigenvalue weighted by Gasteiger charge is 2.25. The zero-order valence-electron chi connectivity index (χ0n) is 14.7. The third-order valence-corrected chi connectivity index (χ3v) is 4.26. The zero-order valence-corrected chi connectivity index (χ0v) is 17.0. The Balaban J connectivity index is 0.00000288. The van der Waals surface area contributed by atoms with Gasteiger partial charge in [0.25, 0.3) is 0 Å². The van der Waals surface area contributed by atoms with Crippen molar-refractivity contribution in [3.63, 3.8) is 0 Å². The minimum absolute atomic E-state index is 0. The van der Waals surface area contributed by atoms with Gasteiger partial charge in [0.1, 0.15) is 6.54 Å². The molecule has 132 valence electrons. The number of aliphatic imine (C=N–C) groups is 1. The molecule has 1 heterocycles. The van der Waals surface area contributed by atoms with Crippen LogP contribution in [-0.2, 0) is 6.54 Å². The largest absolute Gasteiger partial charge is 0.357 e. The van der Waals surface area contributed by atoms with Crippen molar-refractivity contribution in [3.8, 4) is 12.3 Å². The van der Waals surface area contributed by atoms with Crippen LogP contribution < -0.4 is 10.6 Å². The van der Waals surface area contributed by atoms with Gasteiger partial charge in [0.2, 0.25) is 0 Å². The van der Waals surface area contributed by atoms with Crippen LogP contribution in [0.3, 0.4) is 0 Å². The molecule has 2 rings (SSSR count). The molecular weight excluding hydrogens is 411 g/mol. The molecule has 0 aromatic heterocycles.